The molecule has 3 aliphatic rings. The molecular weight excluding hydrogens is 424 g/mol. The lowest BCUT2D eigenvalue weighted by Gasteiger charge is -2.36. The molecule has 6 rings (SSSR count). The Balaban J connectivity index is 1.21. The highest BCUT2D eigenvalue weighted by Crippen LogP contribution is 2.34. The number of piperazine rings is 1. The molecule has 3 aromatic rings. The summed E-state index contributed by atoms with van der Waals surface area (Å²) in [6.07, 6.45) is 10.6. The van der Waals surface area contributed by atoms with Gasteiger partial charge in [-0.2, -0.15) is 5.10 Å². The molecule has 7 nitrogen and oxygen atoms in total. The predicted molar refractivity (Wildman–Crippen MR) is 134 cm³/mol. The van der Waals surface area contributed by atoms with Gasteiger partial charge in [-0.15, -0.1) is 0 Å². The summed E-state index contributed by atoms with van der Waals surface area (Å²) < 4.78 is 1.97. The zero-order chi connectivity index (χ0) is 23.2. The van der Waals surface area contributed by atoms with E-state index in [9.17, 15) is 4.79 Å². The number of carbonyl (C=O) groups excluding carboxylic acids is 1. The topological polar surface area (TPSA) is 57.0 Å². The first kappa shape index (κ1) is 21.6. The highest BCUT2D eigenvalue weighted by Gasteiger charge is 2.35. The third-order valence-electron chi connectivity index (χ3n) is 7.76. The Hall–Kier alpha value is -2.93. The van der Waals surface area contributed by atoms with Crippen molar-refractivity contribution >= 4 is 17.1 Å². The fourth-order valence-electron chi connectivity index (χ4n) is 5.68. The second-order valence-electron chi connectivity index (χ2n) is 10.3. The van der Waals surface area contributed by atoms with Crippen molar-refractivity contribution in [1.29, 1.82) is 0 Å². The number of hydrogen-bond donors (Lipinski definition) is 0. The van der Waals surface area contributed by atoms with Gasteiger partial charge in [0.25, 0.3) is 0 Å². The van der Waals surface area contributed by atoms with E-state index < -0.39 is 0 Å². The predicted octanol–water partition coefficient (Wildman–Crippen LogP) is 4.00. The van der Waals surface area contributed by atoms with Crippen LogP contribution in [0.1, 0.15) is 51.3 Å². The van der Waals surface area contributed by atoms with Gasteiger partial charge in [-0.3, -0.25) is 14.7 Å². The van der Waals surface area contributed by atoms with Gasteiger partial charge in [-0.1, -0.05) is 6.07 Å². The lowest BCUT2D eigenvalue weighted by atomic mass is 10.1. The zero-order valence-electron chi connectivity index (χ0n) is 20.2. The number of rotatable bonds is 5. The van der Waals surface area contributed by atoms with Gasteiger partial charge in [0.2, 0.25) is 5.91 Å². The maximum absolute atomic E-state index is 12.4. The maximum atomic E-state index is 12.4. The first-order chi connectivity index (χ1) is 16.6. The van der Waals surface area contributed by atoms with E-state index in [1.165, 1.54) is 24.2 Å². The molecule has 34 heavy (non-hydrogen) atoms. The highest BCUT2D eigenvalue weighted by molar-refractivity contribution is 5.82. The summed E-state index contributed by atoms with van der Waals surface area (Å²) in [7, 11) is 0. The molecule has 5 heterocycles. The van der Waals surface area contributed by atoms with E-state index in [2.05, 4.69) is 59.2 Å². The average Bonchev–Trinajstić information content (AvgIpc) is 3.42. The smallest absolute Gasteiger partial charge is 0.225 e. The van der Waals surface area contributed by atoms with Crippen molar-refractivity contribution in [2.75, 3.05) is 37.6 Å². The van der Waals surface area contributed by atoms with Crippen LogP contribution in [-0.2, 0) is 4.79 Å². The number of aromatic nitrogens is 3. The Labute approximate surface area is 201 Å². The lowest BCUT2D eigenvalue weighted by Crippen LogP contribution is -2.49. The summed E-state index contributed by atoms with van der Waals surface area (Å²) in [6, 6.07) is 9.70. The minimum Gasteiger partial charge on any atom is -0.366 e. The van der Waals surface area contributed by atoms with Gasteiger partial charge < -0.3 is 9.80 Å². The molecule has 0 spiro atoms. The Morgan fingerprint density at radius 3 is 2.53 bits per heavy atom. The molecule has 2 saturated heterocycles. The van der Waals surface area contributed by atoms with Gasteiger partial charge >= 0.3 is 0 Å². The van der Waals surface area contributed by atoms with Crippen LogP contribution in [0.15, 0.2) is 42.9 Å². The number of pyridine rings is 1. The normalized spacial score (nSPS) is 21.7. The van der Waals surface area contributed by atoms with Gasteiger partial charge in [0.05, 0.1) is 22.9 Å². The SMILES string of the molecule is CC(C)N1CCC[C@H]1c1ccc(-c2cc3c(N4CCN(C(=O)C5CC5)CC4)ccnn3c2)cn1. The van der Waals surface area contributed by atoms with Crippen molar-refractivity contribution < 1.29 is 4.79 Å². The summed E-state index contributed by atoms with van der Waals surface area (Å²) >= 11 is 0. The Morgan fingerprint density at radius 2 is 1.82 bits per heavy atom. The van der Waals surface area contributed by atoms with Crippen LogP contribution in [0.3, 0.4) is 0 Å². The third-order valence-corrected chi connectivity index (χ3v) is 7.76. The third kappa shape index (κ3) is 3.96. The Morgan fingerprint density at radius 1 is 1.00 bits per heavy atom. The Bertz CT molecular complexity index is 1170. The summed E-state index contributed by atoms with van der Waals surface area (Å²) in [5.74, 6) is 0.657. The van der Waals surface area contributed by atoms with E-state index in [4.69, 9.17) is 4.98 Å². The van der Waals surface area contributed by atoms with E-state index in [1.54, 1.807) is 0 Å². The van der Waals surface area contributed by atoms with E-state index in [1.807, 2.05) is 21.8 Å². The molecule has 178 valence electrons. The molecule has 0 aromatic carbocycles. The van der Waals surface area contributed by atoms with Crippen LogP contribution in [0, 0.1) is 5.92 Å². The number of anilines is 1. The number of hydrogen-bond acceptors (Lipinski definition) is 5. The van der Waals surface area contributed by atoms with E-state index in [0.29, 0.717) is 23.9 Å². The molecule has 3 aromatic heterocycles. The van der Waals surface area contributed by atoms with Gasteiger partial charge in [0, 0.05) is 67.9 Å². The maximum Gasteiger partial charge on any atom is 0.225 e. The second kappa shape index (κ2) is 8.69. The molecule has 3 fully saturated rings. The quantitative estimate of drug-likeness (QED) is 0.579. The van der Waals surface area contributed by atoms with Crippen molar-refractivity contribution in [3.8, 4) is 11.1 Å². The number of nitrogens with zero attached hydrogens (tertiary/aromatic N) is 6. The molecule has 0 N–H and O–H groups in total. The minimum absolute atomic E-state index is 0.300. The summed E-state index contributed by atoms with van der Waals surface area (Å²) in [6.45, 7) is 9.04. The molecule has 0 bridgehead atoms. The van der Waals surface area contributed by atoms with Crippen LogP contribution in [0.4, 0.5) is 5.69 Å². The van der Waals surface area contributed by atoms with Gasteiger partial charge in [0.1, 0.15) is 0 Å². The molecule has 1 amide bonds. The number of fused-ring (bicyclic) bond motifs is 1. The fraction of sp³-hybridized carbons (Fsp3) is 0.519. The minimum atomic E-state index is 0.300. The monoisotopic (exact) mass is 458 g/mol. The zero-order valence-corrected chi connectivity index (χ0v) is 20.2. The molecular formula is C27H34N6O. The van der Waals surface area contributed by atoms with Crippen molar-refractivity contribution in [1.82, 2.24) is 24.4 Å². The van der Waals surface area contributed by atoms with E-state index in [0.717, 1.165) is 62.2 Å². The van der Waals surface area contributed by atoms with E-state index >= 15 is 0 Å². The number of amides is 1. The van der Waals surface area contributed by atoms with Crippen LogP contribution in [0.25, 0.3) is 16.6 Å². The standard InChI is InChI=1S/C27H34N6O/c1-19(2)32-11-3-4-24(32)23-8-7-21(17-28-23)22-16-26-25(9-10-29-33(26)18-22)30-12-14-31(15-13-30)27(34)20-5-6-20/h7-10,16-20,24H,3-6,11-15H2,1-2H3/t24-/m0/s1. The van der Waals surface area contributed by atoms with Crippen LogP contribution in [0.5, 0.6) is 0 Å². The van der Waals surface area contributed by atoms with Crippen molar-refractivity contribution in [2.24, 2.45) is 5.92 Å². The number of likely N-dealkylation sites (tertiary alicyclic amines) is 1. The fourth-order valence-corrected chi connectivity index (χ4v) is 5.68. The first-order valence-corrected chi connectivity index (χ1v) is 12.8. The van der Waals surface area contributed by atoms with Crippen molar-refractivity contribution in [2.45, 2.75) is 51.6 Å². The van der Waals surface area contributed by atoms with Gasteiger partial charge in [-0.25, -0.2) is 4.52 Å². The first-order valence-electron chi connectivity index (χ1n) is 12.8. The summed E-state index contributed by atoms with van der Waals surface area (Å²) in [4.78, 5) is 24.3. The number of carbonyl (C=O) groups is 1. The molecule has 7 heteroatoms. The summed E-state index contributed by atoms with van der Waals surface area (Å²) in [5, 5.41) is 4.57. The lowest BCUT2D eigenvalue weighted by molar-refractivity contribution is -0.132. The van der Waals surface area contributed by atoms with Crippen molar-refractivity contribution in [3.05, 3.63) is 48.5 Å². The average molecular weight is 459 g/mol. The molecule has 2 aliphatic heterocycles. The van der Waals surface area contributed by atoms with Crippen LogP contribution >= 0.6 is 0 Å². The molecule has 1 aliphatic carbocycles. The molecule has 0 unspecified atom stereocenters. The van der Waals surface area contributed by atoms with Crippen LogP contribution in [0.2, 0.25) is 0 Å². The summed E-state index contributed by atoms with van der Waals surface area (Å²) in [5.41, 5.74) is 5.71. The molecule has 1 saturated carbocycles. The molecule has 1 atom stereocenters. The van der Waals surface area contributed by atoms with Gasteiger partial charge in [-0.05, 0) is 64.3 Å². The Kier molecular flexibility index (Phi) is 5.52. The van der Waals surface area contributed by atoms with E-state index in [-0.39, 0.29) is 0 Å². The van der Waals surface area contributed by atoms with Crippen molar-refractivity contribution in [3.63, 3.8) is 0 Å². The van der Waals surface area contributed by atoms with Crippen LogP contribution < -0.4 is 4.90 Å². The van der Waals surface area contributed by atoms with Gasteiger partial charge in [0.15, 0.2) is 0 Å². The largest absolute Gasteiger partial charge is 0.366 e. The molecule has 0 radical (unpaired) electrons. The van der Waals surface area contributed by atoms with Crippen LogP contribution in [-0.4, -0.2) is 69.1 Å². The highest BCUT2D eigenvalue weighted by atomic mass is 16.2. The second-order valence-corrected chi connectivity index (χ2v) is 10.3.